The van der Waals surface area contributed by atoms with Gasteiger partial charge in [-0.05, 0) is 35.7 Å². The molecular weight excluding hydrogens is 246 g/mol. The summed E-state index contributed by atoms with van der Waals surface area (Å²) in [6, 6.07) is 2.19. The molecule has 2 rings (SSSR count). The minimum atomic E-state index is -0.0605. The average Bonchev–Trinajstić information content (AvgIpc) is 2.82. The van der Waals surface area contributed by atoms with Crippen LogP contribution in [-0.4, -0.2) is 36.0 Å². The third-order valence-corrected chi connectivity index (χ3v) is 4.20. The largest absolute Gasteiger partial charge is 0.353 e. The molecule has 0 radical (unpaired) electrons. The van der Waals surface area contributed by atoms with Crippen molar-refractivity contribution in [2.45, 2.75) is 38.4 Å². The summed E-state index contributed by atoms with van der Waals surface area (Å²) in [5.74, 6) is 0.129. The number of nitrogens with two attached hydrogens (primary N) is 1. The molecule has 1 aromatic rings. The highest BCUT2D eigenvalue weighted by atomic mass is 32.1. The maximum atomic E-state index is 11.9. The van der Waals surface area contributed by atoms with Gasteiger partial charge in [-0.15, -0.1) is 0 Å². The number of thiophene rings is 1. The molecule has 1 aliphatic rings. The van der Waals surface area contributed by atoms with E-state index in [-0.39, 0.29) is 24.0 Å². The van der Waals surface area contributed by atoms with Gasteiger partial charge < -0.3 is 11.1 Å². The van der Waals surface area contributed by atoms with E-state index in [0.29, 0.717) is 6.54 Å². The van der Waals surface area contributed by atoms with Gasteiger partial charge in [-0.2, -0.15) is 11.3 Å². The molecule has 3 unspecified atom stereocenters. The highest BCUT2D eigenvalue weighted by Crippen LogP contribution is 2.29. The molecule has 2 heterocycles. The molecule has 5 heteroatoms. The van der Waals surface area contributed by atoms with Crippen LogP contribution in [0.5, 0.6) is 0 Å². The third-order valence-electron chi connectivity index (χ3n) is 3.50. The van der Waals surface area contributed by atoms with Gasteiger partial charge in [0.1, 0.15) is 0 Å². The minimum absolute atomic E-state index is 0.0135. The Labute approximate surface area is 112 Å². The van der Waals surface area contributed by atoms with Crippen LogP contribution in [-0.2, 0) is 4.79 Å². The van der Waals surface area contributed by atoms with Gasteiger partial charge >= 0.3 is 0 Å². The second kappa shape index (κ2) is 5.82. The summed E-state index contributed by atoms with van der Waals surface area (Å²) in [7, 11) is 0. The van der Waals surface area contributed by atoms with E-state index in [9.17, 15) is 4.79 Å². The van der Waals surface area contributed by atoms with Gasteiger partial charge in [0.15, 0.2) is 0 Å². The van der Waals surface area contributed by atoms with Crippen LogP contribution >= 0.6 is 11.3 Å². The number of piperazine rings is 1. The van der Waals surface area contributed by atoms with Crippen LogP contribution in [0.1, 0.15) is 31.9 Å². The molecule has 1 saturated heterocycles. The molecule has 0 spiro atoms. The summed E-state index contributed by atoms with van der Waals surface area (Å²) in [6.07, 6.45) is 0.819. The fourth-order valence-electron chi connectivity index (χ4n) is 2.73. The second-order valence-corrected chi connectivity index (χ2v) is 5.59. The quantitative estimate of drug-likeness (QED) is 0.865. The summed E-state index contributed by atoms with van der Waals surface area (Å²) in [6.45, 7) is 5.64. The SMILES string of the molecule is CCC1C(=O)NCCN1C(c1ccsc1)C(C)N. The zero-order valence-corrected chi connectivity index (χ0v) is 11.7. The van der Waals surface area contributed by atoms with Gasteiger partial charge in [0, 0.05) is 19.1 Å². The number of nitrogens with zero attached hydrogens (tertiary/aromatic N) is 1. The number of carbonyl (C=O) groups excluding carboxylic acids is 1. The predicted molar refractivity (Wildman–Crippen MR) is 74.5 cm³/mol. The lowest BCUT2D eigenvalue weighted by atomic mass is 9.97. The molecule has 1 aliphatic heterocycles. The topological polar surface area (TPSA) is 58.4 Å². The monoisotopic (exact) mass is 267 g/mol. The molecule has 0 aromatic carbocycles. The van der Waals surface area contributed by atoms with E-state index in [0.717, 1.165) is 13.0 Å². The third kappa shape index (κ3) is 2.58. The molecule has 1 aromatic heterocycles. The standard InChI is InChI=1S/C13H21N3OS/c1-3-11-13(17)15-5-6-16(11)12(9(2)14)10-4-7-18-8-10/h4,7-9,11-12H,3,5-6,14H2,1-2H3,(H,15,17). The van der Waals surface area contributed by atoms with Crippen LogP contribution < -0.4 is 11.1 Å². The number of rotatable bonds is 4. The van der Waals surface area contributed by atoms with Gasteiger partial charge in [-0.1, -0.05) is 6.92 Å². The normalized spacial score (nSPS) is 24.6. The molecule has 0 saturated carbocycles. The van der Waals surface area contributed by atoms with Gasteiger partial charge in [-0.25, -0.2) is 0 Å². The Bertz CT molecular complexity index is 391. The van der Waals surface area contributed by atoms with Crippen LogP contribution in [0.3, 0.4) is 0 Å². The van der Waals surface area contributed by atoms with Crippen molar-refractivity contribution in [3.05, 3.63) is 22.4 Å². The minimum Gasteiger partial charge on any atom is -0.353 e. The van der Waals surface area contributed by atoms with Crippen molar-refractivity contribution in [1.82, 2.24) is 10.2 Å². The summed E-state index contributed by atoms with van der Waals surface area (Å²) in [5, 5.41) is 7.13. The van der Waals surface area contributed by atoms with Crippen molar-refractivity contribution in [3.63, 3.8) is 0 Å². The average molecular weight is 267 g/mol. The Hall–Kier alpha value is -0.910. The lowest BCUT2D eigenvalue weighted by Gasteiger charge is -2.41. The summed E-state index contributed by atoms with van der Waals surface area (Å²) >= 11 is 1.68. The Morgan fingerprint density at radius 1 is 1.67 bits per heavy atom. The number of nitrogens with one attached hydrogen (secondary N) is 1. The lowest BCUT2D eigenvalue weighted by molar-refractivity contribution is -0.130. The highest BCUT2D eigenvalue weighted by Gasteiger charge is 2.35. The van der Waals surface area contributed by atoms with Gasteiger partial charge in [0.2, 0.25) is 5.91 Å². The second-order valence-electron chi connectivity index (χ2n) is 4.81. The molecule has 0 bridgehead atoms. The van der Waals surface area contributed by atoms with Crippen molar-refractivity contribution in [1.29, 1.82) is 0 Å². The first-order valence-electron chi connectivity index (χ1n) is 6.46. The molecular formula is C13H21N3OS. The van der Waals surface area contributed by atoms with Crippen LogP contribution in [0.15, 0.2) is 16.8 Å². The first-order valence-corrected chi connectivity index (χ1v) is 7.40. The van der Waals surface area contributed by atoms with Crippen molar-refractivity contribution < 1.29 is 4.79 Å². The van der Waals surface area contributed by atoms with Gasteiger partial charge in [0.05, 0.1) is 12.1 Å². The zero-order valence-electron chi connectivity index (χ0n) is 10.9. The molecule has 3 atom stereocenters. The van der Waals surface area contributed by atoms with E-state index in [1.54, 1.807) is 11.3 Å². The van der Waals surface area contributed by atoms with Crippen LogP contribution in [0, 0.1) is 0 Å². The smallest absolute Gasteiger partial charge is 0.237 e. The van der Waals surface area contributed by atoms with Crippen molar-refractivity contribution >= 4 is 17.2 Å². The molecule has 1 fully saturated rings. The fourth-order valence-corrected chi connectivity index (χ4v) is 3.42. The maximum absolute atomic E-state index is 11.9. The van der Waals surface area contributed by atoms with Crippen LogP contribution in [0.2, 0.25) is 0 Å². The summed E-state index contributed by atoms with van der Waals surface area (Å²) in [4.78, 5) is 14.2. The van der Waals surface area contributed by atoms with E-state index in [2.05, 4.69) is 34.0 Å². The summed E-state index contributed by atoms with van der Waals surface area (Å²) < 4.78 is 0. The van der Waals surface area contributed by atoms with Crippen molar-refractivity contribution in [2.24, 2.45) is 5.73 Å². The fraction of sp³-hybridized carbons (Fsp3) is 0.615. The van der Waals surface area contributed by atoms with Gasteiger partial charge in [0.25, 0.3) is 0 Å². The van der Waals surface area contributed by atoms with Crippen LogP contribution in [0.25, 0.3) is 0 Å². The zero-order chi connectivity index (χ0) is 13.1. The van der Waals surface area contributed by atoms with Gasteiger partial charge in [-0.3, -0.25) is 9.69 Å². The number of carbonyl (C=O) groups is 1. The van der Waals surface area contributed by atoms with Crippen molar-refractivity contribution in [3.8, 4) is 0 Å². The van der Waals surface area contributed by atoms with E-state index in [1.165, 1.54) is 5.56 Å². The maximum Gasteiger partial charge on any atom is 0.237 e. The molecule has 100 valence electrons. The highest BCUT2D eigenvalue weighted by molar-refractivity contribution is 7.07. The number of hydrogen-bond donors (Lipinski definition) is 2. The van der Waals surface area contributed by atoms with E-state index in [1.807, 2.05) is 6.92 Å². The lowest BCUT2D eigenvalue weighted by Crippen LogP contribution is -2.58. The predicted octanol–water partition coefficient (Wildman–Crippen LogP) is 1.35. The first-order chi connectivity index (χ1) is 8.65. The van der Waals surface area contributed by atoms with E-state index in [4.69, 9.17) is 5.73 Å². The van der Waals surface area contributed by atoms with Crippen molar-refractivity contribution in [2.75, 3.05) is 13.1 Å². The first kappa shape index (κ1) is 13.5. The van der Waals surface area contributed by atoms with E-state index < -0.39 is 0 Å². The molecule has 3 N–H and O–H groups in total. The summed E-state index contributed by atoms with van der Waals surface area (Å²) in [5.41, 5.74) is 7.38. The molecule has 18 heavy (non-hydrogen) atoms. The molecule has 0 aliphatic carbocycles. The number of hydrogen-bond acceptors (Lipinski definition) is 4. The van der Waals surface area contributed by atoms with Crippen LogP contribution in [0.4, 0.5) is 0 Å². The van der Waals surface area contributed by atoms with E-state index >= 15 is 0 Å². The molecule has 1 amide bonds. The Morgan fingerprint density at radius 2 is 2.44 bits per heavy atom. The molecule has 4 nitrogen and oxygen atoms in total. The Balaban J connectivity index is 2.27. The number of amides is 1. The Morgan fingerprint density at radius 3 is 3.00 bits per heavy atom. The Kier molecular flexibility index (Phi) is 4.37.